The van der Waals surface area contributed by atoms with E-state index >= 15 is 0 Å². The van der Waals surface area contributed by atoms with Crippen molar-refractivity contribution in [1.82, 2.24) is 9.88 Å². The number of likely N-dealkylation sites (tertiary alicyclic amines) is 1. The summed E-state index contributed by atoms with van der Waals surface area (Å²) in [7, 11) is 0. The third kappa shape index (κ3) is 3.26. The summed E-state index contributed by atoms with van der Waals surface area (Å²) in [4.78, 5) is 43.1. The van der Waals surface area contributed by atoms with Crippen LogP contribution in [0.1, 0.15) is 24.5 Å². The van der Waals surface area contributed by atoms with Gasteiger partial charge in [0.25, 0.3) is 11.7 Å². The number of benzene rings is 1. The van der Waals surface area contributed by atoms with Gasteiger partial charge in [0.1, 0.15) is 6.54 Å². The van der Waals surface area contributed by atoms with Gasteiger partial charge in [-0.25, -0.2) is 0 Å². The number of pyridine rings is 1. The minimum Gasteiger partial charge on any atom is -0.469 e. The SMILES string of the molecule is O=C(CN1C(=O)C(c2ccccc2)Oc2ccc([N+](=O)[O-])nc21)N1CCCC1. The average Bonchev–Trinajstić information content (AvgIpc) is 3.25. The largest absolute Gasteiger partial charge is 0.469 e. The van der Waals surface area contributed by atoms with Gasteiger partial charge < -0.3 is 19.8 Å². The molecule has 0 bridgehead atoms. The normalized spacial score (nSPS) is 18.6. The van der Waals surface area contributed by atoms with Gasteiger partial charge in [-0.05, 0) is 28.8 Å². The number of aromatic nitrogens is 1. The highest BCUT2D eigenvalue weighted by atomic mass is 16.6. The highest BCUT2D eigenvalue weighted by Gasteiger charge is 2.41. The van der Waals surface area contributed by atoms with E-state index in [4.69, 9.17) is 4.74 Å². The van der Waals surface area contributed by atoms with Gasteiger partial charge in [-0.3, -0.25) is 14.5 Å². The summed E-state index contributed by atoms with van der Waals surface area (Å²) in [6, 6.07) is 11.5. The fraction of sp³-hybridized carbons (Fsp3) is 0.316. The zero-order valence-electron chi connectivity index (χ0n) is 15.0. The Hall–Kier alpha value is -3.49. The maximum atomic E-state index is 13.1. The lowest BCUT2D eigenvalue weighted by Crippen LogP contribution is -2.47. The second kappa shape index (κ2) is 7.26. The summed E-state index contributed by atoms with van der Waals surface area (Å²) < 4.78 is 5.80. The van der Waals surface area contributed by atoms with Crippen LogP contribution in [-0.4, -0.2) is 46.3 Å². The molecule has 1 fully saturated rings. The molecular formula is C19H18N4O5. The molecule has 2 aromatic rings. The number of hydrogen-bond acceptors (Lipinski definition) is 6. The standard InChI is InChI=1S/C19H18N4O5/c24-16(21-10-4-5-11-21)12-22-18-14(8-9-15(20-18)23(26)27)28-17(19(22)25)13-6-2-1-3-7-13/h1-3,6-9,17H,4-5,10-12H2. The Morgan fingerprint density at radius 3 is 2.57 bits per heavy atom. The number of carbonyl (C=O) groups is 2. The van der Waals surface area contributed by atoms with Crippen molar-refractivity contribution in [3.8, 4) is 5.75 Å². The molecule has 9 nitrogen and oxygen atoms in total. The first-order valence-electron chi connectivity index (χ1n) is 9.01. The molecule has 9 heteroatoms. The molecule has 1 atom stereocenters. The van der Waals surface area contributed by atoms with E-state index in [2.05, 4.69) is 4.98 Å². The average molecular weight is 382 g/mol. The molecule has 1 unspecified atom stereocenters. The molecule has 0 N–H and O–H groups in total. The quantitative estimate of drug-likeness (QED) is 0.592. The highest BCUT2D eigenvalue weighted by Crippen LogP contribution is 2.38. The van der Waals surface area contributed by atoms with Crippen molar-refractivity contribution >= 4 is 23.5 Å². The maximum absolute atomic E-state index is 13.1. The van der Waals surface area contributed by atoms with Crippen LogP contribution in [0.15, 0.2) is 42.5 Å². The van der Waals surface area contributed by atoms with E-state index in [-0.39, 0.29) is 24.0 Å². The van der Waals surface area contributed by atoms with Gasteiger partial charge in [0.2, 0.25) is 12.0 Å². The molecule has 0 aliphatic carbocycles. The van der Waals surface area contributed by atoms with Gasteiger partial charge in [0.05, 0.1) is 0 Å². The lowest BCUT2D eigenvalue weighted by molar-refractivity contribution is -0.389. The summed E-state index contributed by atoms with van der Waals surface area (Å²) in [6.45, 7) is 1.07. The molecule has 0 saturated carbocycles. The summed E-state index contributed by atoms with van der Waals surface area (Å²) in [6.07, 6.45) is 0.911. The summed E-state index contributed by atoms with van der Waals surface area (Å²) in [5.41, 5.74) is 0.634. The molecule has 4 rings (SSSR count). The van der Waals surface area contributed by atoms with Crippen LogP contribution in [0.25, 0.3) is 0 Å². The Balaban J connectivity index is 1.72. The number of nitrogens with zero attached hydrogens (tertiary/aromatic N) is 4. The Labute approximate surface area is 160 Å². The van der Waals surface area contributed by atoms with Crippen LogP contribution in [0.5, 0.6) is 5.75 Å². The molecule has 144 valence electrons. The summed E-state index contributed by atoms with van der Waals surface area (Å²) in [5.74, 6) is -0.864. The molecule has 0 radical (unpaired) electrons. The molecule has 0 spiro atoms. The van der Waals surface area contributed by atoms with E-state index in [1.807, 2.05) is 6.07 Å². The monoisotopic (exact) mass is 382 g/mol. The first kappa shape index (κ1) is 17.9. The third-order valence-corrected chi connectivity index (χ3v) is 4.86. The second-order valence-corrected chi connectivity index (χ2v) is 6.67. The highest BCUT2D eigenvalue weighted by molar-refractivity contribution is 6.03. The zero-order valence-corrected chi connectivity index (χ0v) is 15.0. The molecule has 1 aromatic heterocycles. The number of fused-ring (bicyclic) bond motifs is 1. The molecule has 2 amide bonds. The van der Waals surface area contributed by atoms with Crippen LogP contribution in [0.3, 0.4) is 0 Å². The number of ether oxygens (including phenoxy) is 1. The van der Waals surface area contributed by atoms with E-state index in [1.165, 1.54) is 17.0 Å². The van der Waals surface area contributed by atoms with Gasteiger partial charge in [-0.15, -0.1) is 0 Å². The van der Waals surface area contributed by atoms with E-state index in [0.29, 0.717) is 18.7 Å². The molecule has 1 saturated heterocycles. The smallest absolute Gasteiger partial charge is 0.366 e. The number of nitro groups is 1. The molecule has 2 aliphatic heterocycles. The Bertz CT molecular complexity index is 927. The van der Waals surface area contributed by atoms with Crippen molar-refractivity contribution in [3.63, 3.8) is 0 Å². The van der Waals surface area contributed by atoms with E-state index in [9.17, 15) is 19.7 Å². The second-order valence-electron chi connectivity index (χ2n) is 6.67. The molecular weight excluding hydrogens is 364 g/mol. The number of hydrogen-bond donors (Lipinski definition) is 0. The fourth-order valence-corrected chi connectivity index (χ4v) is 3.43. The summed E-state index contributed by atoms with van der Waals surface area (Å²) in [5, 5.41) is 11.1. The van der Waals surface area contributed by atoms with Gasteiger partial charge in [-0.1, -0.05) is 30.3 Å². The molecule has 1 aromatic carbocycles. The van der Waals surface area contributed by atoms with Gasteiger partial charge in [0.15, 0.2) is 5.75 Å². The van der Waals surface area contributed by atoms with Crippen LogP contribution < -0.4 is 9.64 Å². The van der Waals surface area contributed by atoms with E-state index < -0.39 is 22.8 Å². The minimum atomic E-state index is -0.941. The van der Waals surface area contributed by atoms with Crippen LogP contribution in [-0.2, 0) is 9.59 Å². The van der Waals surface area contributed by atoms with Crippen LogP contribution in [0, 0.1) is 10.1 Å². The van der Waals surface area contributed by atoms with Crippen LogP contribution in [0.4, 0.5) is 11.6 Å². The Morgan fingerprint density at radius 2 is 1.89 bits per heavy atom. The number of anilines is 1. The van der Waals surface area contributed by atoms with Gasteiger partial charge in [-0.2, -0.15) is 0 Å². The minimum absolute atomic E-state index is 0.000993. The van der Waals surface area contributed by atoms with Crippen LogP contribution in [0.2, 0.25) is 0 Å². The van der Waals surface area contributed by atoms with Crippen molar-refractivity contribution in [2.75, 3.05) is 24.5 Å². The Morgan fingerprint density at radius 1 is 1.18 bits per heavy atom. The van der Waals surface area contributed by atoms with Crippen molar-refractivity contribution in [1.29, 1.82) is 0 Å². The number of carbonyl (C=O) groups excluding carboxylic acids is 2. The maximum Gasteiger partial charge on any atom is 0.366 e. The van der Waals surface area contributed by atoms with E-state index in [1.54, 1.807) is 29.2 Å². The van der Waals surface area contributed by atoms with Gasteiger partial charge >= 0.3 is 5.82 Å². The molecule has 2 aliphatic rings. The van der Waals surface area contributed by atoms with Gasteiger partial charge in [0, 0.05) is 24.7 Å². The molecule has 28 heavy (non-hydrogen) atoms. The first-order chi connectivity index (χ1) is 13.5. The predicted molar refractivity (Wildman–Crippen MR) is 98.9 cm³/mol. The lowest BCUT2D eigenvalue weighted by Gasteiger charge is -2.31. The molecule has 3 heterocycles. The third-order valence-electron chi connectivity index (χ3n) is 4.86. The number of rotatable bonds is 4. The number of amides is 2. The lowest BCUT2D eigenvalue weighted by atomic mass is 10.1. The van der Waals surface area contributed by atoms with Crippen molar-refractivity contribution in [2.24, 2.45) is 0 Å². The zero-order chi connectivity index (χ0) is 19.7. The topological polar surface area (TPSA) is 106 Å². The van der Waals surface area contributed by atoms with Crippen molar-refractivity contribution < 1.29 is 19.2 Å². The van der Waals surface area contributed by atoms with Crippen LogP contribution >= 0.6 is 0 Å². The summed E-state index contributed by atoms with van der Waals surface area (Å²) >= 11 is 0. The van der Waals surface area contributed by atoms with E-state index in [0.717, 1.165) is 12.8 Å². The fourth-order valence-electron chi connectivity index (χ4n) is 3.43. The Kier molecular flexibility index (Phi) is 4.64. The van der Waals surface area contributed by atoms with Crippen molar-refractivity contribution in [2.45, 2.75) is 18.9 Å². The predicted octanol–water partition coefficient (Wildman–Crippen LogP) is 2.08. The van der Waals surface area contributed by atoms with Crippen molar-refractivity contribution in [3.05, 3.63) is 58.1 Å². The first-order valence-corrected chi connectivity index (χ1v) is 9.01.